The highest BCUT2D eigenvalue weighted by Crippen LogP contribution is 2.22. The number of nitrogens with zero attached hydrogens (tertiary/aromatic N) is 1. The predicted octanol–water partition coefficient (Wildman–Crippen LogP) is 4.73. The average Bonchev–Trinajstić information content (AvgIpc) is 2.97. The molecule has 1 aromatic heterocycles. The molecule has 0 unspecified atom stereocenters. The first-order chi connectivity index (χ1) is 12.0. The highest BCUT2D eigenvalue weighted by molar-refractivity contribution is 7.13. The van der Waals surface area contributed by atoms with E-state index in [1.807, 2.05) is 31.2 Å². The molecule has 0 aliphatic carbocycles. The van der Waals surface area contributed by atoms with Crippen LogP contribution in [0.5, 0.6) is 5.75 Å². The topological polar surface area (TPSA) is 51.2 Å². The molecule has 3 aromatic rings. The number of nitrogens with one attached hydrogen (secondary N) is 1. The average molecular weight is 356 g/mol. The molecule has 0 radical (unpaired) electrons. The summed E-state index contributed by atoms with van der Waals surface area (Å²) in [7, 11) is 0. The number of anilines is 1. The van der Waals surface area contributed by atoms with Crippen molar-refractivity contribution < 1.29 is 13.9 Å². The lowest BCUT2D eigenvalue weighted by molar-refractivity contribution is 0.103. The molecular weight excluding hydrogens is 339 g/mol. The van der Waals surface area contributed by atoms with E-state index >= 15 is 0 Å². The fourth-order valence-corrected chi connectivity index (χ4v) is 3.10. The molecule has 0 atom stereocenters. The van der Waals surface area contributed by atoms with Gasteiger partial charge in [-0.2, -0.15) is 0 Å². The number of rotatable bonds is 5. The maximum Gasteiger partial charge on any atom is 0.267 e. The van der Waals surface area contributed by atoms with Gasteiger partial charge in [0, 0.05) is 5.69 Å². The number of halogens is 1. The number of amides is 1. The van der Waals surface area contributed by atoms with Gasteiger partial charge in [-0.3, -0.25) is 4.79 Å². The van der Waals surface area contributed by atoms with Crippen molar-refractivity contribution in [2.45, 2.75) is 20.5 Å². The normalized spacial score (nSPS) is 10.5. The number of aromatic nitrogens is 1. The summed E-state index contributed by atoms with van der Waals surface area (Å²) in [5.41, 5.74) is 2.53. The van der Waals surface area contributed by atoms with E-state index < -0.39 is 0 Å². The van der Waals surface area contributed by atoms with Crippen LogP contribution in [0.25, 0.3) is 0 Å². The van der Waals surface area contributed by atoms with E-state index in [9.17, 15) is 9.18 Å². The van der Waals surface area contributed by atoms with Crippen LogP contribution in [-0.4, -0.2) is 10.9 Å². The van der Waals surface area contributed by atoms with Gasteiger partial charge in [0.2, 0.25) is 0 Å². The predicted molar refractivity (Wildman–Crippen MR) is 96.7 cm³/mol. The molecule has 2 aromatic carbocycles. The molecule has 25 heavy (non-hydrogen) atoms. The summed E-state index contributed by atoms with van der Waals surface area (Å²) in [6.07, 6.45) is 0. The van der Waals surface area contributed by atoms with Crippen LogP contribution in [0, 0.1) is 19.7 Å². The van der Waals surface area contributed by atoms with Gasteiger partial charge in [0.25, 0.3) is 5.91 Å². The Morgan fingerprint density at radius 1 is 1.12 bits per heavy atom. The summed E-state index contributed by atoms with van der Waals surface area (Å²) in [5, 5.41) is 3.56. The lowest BCUT2D eigenvalue weighted by atomic mass is 10.2. The second kappa shape index (κ2) is 7.44. The zero-order valence-corrected chi connectivity index (χ0v) is 14.7. The molecule has 0 bridgehead atoms. The van der Waals surface area contributed by atoms with Crippen LogP contribution in [0.3, 0.4) is 0 Å². The van der Waals surface area contributed by atoms with E-state index in [4.69, 9.17) is 4.74 Å². The van der Waals surface area contributed by atoms with Crippen LogP contribution >= 0.6 is 11.3 Å². The summed E-state index contributed by atoms with van der Waals surface area (Å²) < 4.78 is 18.5. The molecule has 0 saturated heterocycles. The number of carbonyl (C=O) groups is 1. The van der Waals surface area contributed by atoms with Gasteiger partial charge in [0.05, 0.1) is 5.69 Å². The summed E-state index contributed by atoms with van der Waals surface area (Å²) in [5.74, 6) is 0.0549. The van der Waals surface area contributed by atoms with Crippen LogP contribution in [0.15, 0.2) is 48.5 Å². The molecule has 0 aliphatic rings. The monoisotopic (exact) mass is 356 g/mol. The molecule has 1 heterocycles. The number of ether oxygens (including phenoxy) is 1. The summed E-state index contributed by atoms with van der Waals surface area (Å²) in [4.78, 5) is 17.4. The first kappa shape index (κ1) is 17.1. The third-order valence-electron chi connectivity index (χ3n) is 3.53. The number of benzene rings is 2. The molecule has 128 valence electrons. The lowest BCUT2D eigenvalue weighted by Gasteiger charge is -2.04. The summed E-state index contributed by atoms with van der Waals surface area (Å²) in [6, 6.07) is 13.4. The first-order valence-electron chi connectivity index (χ1n) is 7.74. The molecular formula is C19H17FN2O2S. The van der Waals surface area contributed by atoms with Gasteiger partial charge < -0.3 is 10.1 Å². The van der Waals surface area contributed by atoms with Gasteiger partial charge in [-0.05, 0) is 50.2 Å². The minimum atomic E-state index is -0.312. The van der Waals surface area contributed by atoms with E-state index in [2.05, 4.69) is 10.3 Å². The quantitative estimate of drug-likeness (QED) is 0.719. The van der Waals surface area contributed by atoms with Gasteiger partial charge >= 0.3 is 0 Å². The first-order valence-corrected chi connectivity index (χ1v) is 8.55. The fourth-order valence-electron chi connectivity index (χ4n) is 2.23. The van der Waals surface area contributed by atoms with Crippen LogP contribution in [0.2, 0.25) is 0 Å². The Labute approximate surface area is 149 Å². The zero-order chi connectivity index (χ0) is 17.8. The van der Waals surface area contributed by atoms with Gasteiger partial charge in [-0.15, -0.1) is 11.3 Å². The second-order valence-electron chi connectivity index (χ2n) is 5.58. The van der Waals surface area contributed by atoms with Gasteiger partial charge in [0.15, 0.2) is 0 Å². The Kier molecular flexibility index (Phi) is 5.09. The zero-order valence-electron chi connectivity index (χ0n) is 13.9. The highest BCUT2D eigenvalue weighted by atomic mass is 32.1. The number of thiazole rings is 1. The van der Waals surface area contributed by atoms with Crippen molar-refractivity contribution in [3.8, 4) is 5.75 Å². The highest BCUT2D eigenvalue weighted by Gasteiger charge is 2.16. The van der Waals surface area contributed by atoms with Crippen molar-refractivity contribution in [1.82, 2.24) is 4.98 Å². The van der Waals surface area contributed by atoms with Crippen molar-refractivity contribution in [2.24, 2.45) is 0 Å². The Morgan fingerprint density at radius 3 is 2.48 bits per heavy atom. The summed E-state index contributed by atoms with van der Waals surface area (Å²) in [6.45, 7) is 4.02. The SMILES string of the molecule is Cc1ccc(NC(=O)c2sc(COc3ccc(F)cc3)nc2C)cc1. The Morgan fingerprint density at radius 2 is 1.80 bits per heavy atom. The van der Waals surface area contributed by atoms with E-state index in [0.717, 1.165) is 11.3 Å². The molecule has 0 spiro atoms. The van der Waals surface area contributed by atoms with Crippen LogP contribution in [0.1, 0.15) is 25.9 Å². The Bertz CT molecular complexity index is 873. The van der Waals surface area contributed by atoms with Crippen LogP contribution < -0.4 is 10.1 Å². The van der Waals surface area contributed by atoms with Gasteiger partial charge in [-0.1, -0.05) is 17.7 Å². The largest absolute Gasteiger partial charge is 0.486 e. The number of carbonyl (C=O) groups excluding carboxylic acids is 1. The van der Waals surface area contributed by atoms with Crippen LogP contribution in [-0.2, 0) is 6.61 Å². The number of aryl methyl sites for hydroxylation is 2. The molecule has 4 nitrogen and oxygen atoms in total. The number of hydrogen-bond acceptors (Lipinski definition) is 4. The molecule has 0 aliphatic heterocycles. The number of hydrogen-bond donors (Lipinski definition) is 1. The van der Waals surface area contributed by atoms with E-state index in [0.29, 0.717) is 21.3 Å². The smallest absolute Gasteiger partial charge is 0.267 e. The Hall–Kier alpha value is -2.73. The van der Waals surface area contributed by atoms with Crippen molar-refractivity contribution in [3.05, 3.63) is 75.5 Å². The van der Waals surface area contributed by atoms with Crippen molar-refractivity contribution in [3.63, 3.8) is 0 Å². The fraction of sp³-hybridized carbons (Fsp3) is 0.158. The molecule has 6 heteroatoms. The van der Waals surface area contributed by atoms with E-state index in [1.54, 1.807) is 19.1 Å². The third kappa shape index (κ3) is 4.42. The second-order valence-corrected chi connectivity index (χ2v) is 6.67. The van der Waals surface area contributed by atoms with E-state index in [1.165, 1.54) is 23.5 Å². The third-order valence-corrected chi connectivity index (χ3v) is 4.66. The van der Waals surface area contributed by atoms with Crippen LogP contribution in [0.4, 0.5) is 10.1 Å². The maximum atomic E-state index is 12.9. The Balaban J connectivity index is 1.65. The molecule has 1 amide bonds. The van der Waals surface area contributed by atoms with Crippen molar-refractivity contribution in [2.75, 3.05) is 5.32 Å². The molecule has 0 fully saturated rings. The minimum Gasteiger partial charge on any atom is -0.486 e. The van der Waals surface area contributed by atoms with Gasteiger partial charge in [-0.25, -0.2) is 9.37 Å². The standard InChI is InChI=1S/C19H17FN2O2S/c1-12-3-7-15(8-4-12)22-19(23)18-13(2)21-17(25-18)11-24-16-9-5-14(20)6-10-16/h3-10H,11H2,1-2H3,(H,22,23). The molecule has 3 rings (SSSR count). The molecule has 0 saturated carbocycles. The maximum absolute atomic E-state index is 12.9. The van der Waals surface area contributed by atoms with E-state index in [-0.39, 0.29) is 18.3 Å². The minimum absolute atomic E-state index is 0.188. The van der Waals surface area contributed by atoms with Crippen molar-refractivity contribution in [1.29, 1.82) is 0 Å². The van der Waals surface area contributed by atoms with Gasteiger partial charge in [0.1, 0.15) is 28.1 Å². The molecule has 1 N–H and O–H groups in total. The van der Waals surface area contributed by atoms with Crippen molar-refractivity contribution >= 4 is 22.9 Å². The summed E-state index contributed by atoms with van der Waals surface area (Å²) >= 11 is 1.29. The lowest BCUT2D eigenvalue weighted by Crippen LogP contribution is -2.11.